The van der Waals surface area contributed by atoms with Gasteiger partial charge in [0.15, 0.2) is 0 Å². The Morgan fingerprint density at radius 2 is 1.92 bits per heavy atom. The fourth-order valence-corrected chi connectivity index (χ4v) is 1.96. The zero-order valence-electron chi connectivity index (χ0n) is 12.7. The van der Waals surface area contributed by atoms with Crippen LogP contribution in [0.25, 0.3) is 0 Å². The van der Waals surface area contributed by atoms with Crippen LogP contribution in [0.1, 0.15) is 22.3 Å². The van der Waals surface area contributed by atoms with Gasteiger partial charge in [-0.1, -0.05) is 12.1 Å². The number of ether oxygens (including phenoxy) is 1. The number of nitrogens with one attached hydrogen (secondary N) is 1. The lowest BCUT2D eigenvalue weighted by molar-refractivity contribution is -0.117. The summed E-state index contributed by atoms with van der Waals surface area (Å²) in [6, 6.07) is 9.64. The van der Waals surface area contributed by atoms with Crippen molar-refractivity contribution >= 4 is 11.8 Å². The molecule has 126 valence electrons. The van der Waals surface area contributed by atoms with Crippen LogP contribution < -0.4 is 15.8 Å². The fraction of sp³-hybridized carbons (Fsp3) is 0.176. The molecule has 2 aromatic carbocycles. The number of primary amides is 1. The Morgan fingerprint density at radius 3 is 2.58 bits per heavy atom. The summed E-state index contributed by atoms with van der Waals surface area (Å²) < 4.78 is 32.4. The maximum absolute atomic E-state index is 14.0. The first-order valence-electron chi connectivity index (χ1n) is 7.19. The molecule has 0 radical (unpaired) electrons. The van der Waals surface area contributed by atoms with Crippen LogP contribution in [0.2, 0.25) is 0 Å². The van der Waals surface area contributed by atoms with Crippen LogP contribution in [0.5, 0.6) is 5.75 Å². The molecular weight excluding hydrogens is 318 g/mol. The molecule has 0 unspecified atom stereocenters. The quantitative estimate of drug-likeness (QED) is 0.814. The first-order valence-corrected chi connectivity index (χ1v) is 7.19. The molecule has 0 saturated heterocycles. The van der Waals surface area contributed by atoms with Crippen molar-refractivity contribution in [3.05, 3.63) is 65.2 Å². The molecule has 0 bridgehead atoms. The van der Waals surface area contributed by atoms with E-state index in [-0.39, 0.29) is 36.7 Å². The molecule has 0 fully saturated rings. The van der Waals surface area contributed by atoms with Crippen LogP contribution in [0, 0.1) is 11.6 Å². The molecule has 2 rings (SSSR count). The molecule has 0 aromatic heterocycles. The highest BCUT2D eigenvalue weighted by Crippen LogP contribution is 2.18. The van der Waals surface area contributed by atoms with E-state index in [0.717, 1.165) is 6.07 Å². The van der Waals surface area contributed by atoms with E-state index in [4.69, 9.17) is 10.5 Å². The Balaban J connectivity index is 1.96. The predicted octanol–water partition coefficient (Wildman–Crippen LogP) is 2.15. The summed E-state index contributed by atoms with van der Waals surface area (Å²) in [5.41, 5.74) is 5.39. The molecule has 0 atom stereocenters. The number of carbonyl (C=O) groups excluding carboxylic acids is 2. The maximum Gasteiger partial charge on any atom is 0.254 e. The van der Waals surface area contributed by atoms with Crippen molar-refractivity contribution in [1.82, 2.24) is 5.32 Å². The van der Waals surface area contributed by atoms with Gasteiger partial charge in [0, 0.05) is 19.0 Å². The molecular formula is C17H16F2N2O3. The van der Waals surface area contributed by atoms with Crippen LogP contribution in [0.4, 0.5) is 8.78 Å². The number of rotatable bonds is 7. The van der Waals surface area contributed by atoms with Gasteiger partial charge in [-0.25, -0.2) is 8.78 Å². The van der Waals surface area contributed by atoms with Gasteiger partial charge in [-0.2, -0.15) is 0 Å². The zero-order chi connectivity index (χ0) is 17.5. The normalized spacial score (nSPS) is 10.2. The molecule has 2 aromatic rings. The summed E-state index contributed by atoms with van der Waals surface area (Å²) in [7, 11) is 0. The zero-order valence-corrected chi connectivity index (χ0v) is 12.7. The summed E-state index contributed by atoms with van der Waals surface area (Å²) in [6.07, 6.45) is -0.0256. The Hall–Kier alpha value is -2.96. The van der Waals surface area contributed by atoms with Crippen molar-refractivity contribution in [2.75, 3.05) is 6.54 Å². The van der Waals surface area contributed by atoms with Crippen LogP contribution in [0.15, 0.2) is 42.5 Å². The van der Waals surface area contributed by atoms with E-state index in [1.54, 1.807) is 12.1 Å². The Labute approximate surface area is 137 Å². The minimum absolute atomic E-state index is 0.0256. The van der Waals surface area contributed by atoms with E-state index in [0.29, 0.717) is 5.56 Å². The van der Waals surface area contributed by atoms with E-state index >= 15 is 0 Å². The minimum atomic E-state index is -0.761. The topological polar surface area (TPSA) is 81.4 Å². The lowest BCUT2D eigenvalue weighted by atomic mass is 10.2. The number of halogens is 2. The average Bonchev–Trinajstić information content (AvgIpc) is 2.52. The van der Waals surface area contributed by atoms with Gasteiger partial charge in [0.05, 0.1) is 5.56 Å². The number of hydrogen-bond acceptors (Lipinski definition) is 3. The van der Waals surface area contributed by atoms with Gasteiger partial charge in [0.2, 0.25) is 5.91 Å². The second kappa shape index (κ2) is 8.05. The molecule has 0 spiro atoms. The average molecular weight is 334 g/mol. The van der Waals surface area contributed by atoms with Crippen molar-refractivity contribution in [3.8, 4) is 5.75 Å². The van der Waals surface area contributed by atoms with Crippen molar-refractivity contribution in [3.63, 3.8) is 0 Å². The van der Waals surface area contributed by atoms with Crippen LogP contribution in [0.3, 0.4) is 0 Å². The van der Waals surface area contributed by atoms with Crippen molar-refractivity contribution in [1.29, 1.82) is 0 Å². The van der Waals surface area contributed by atoms with Crippen molar-refractivity contribution in [2.24, 2.45) is 5.73 Å². The summed E-state index contributed by atoms with van der Waals surface area (Å²) >= 11 is 0. The number of hydrogen-bond donors (Lipinski definition) is 2. The molecule has 0 aliphatic heterocycles. The number of nitrogens with two attached hydrogens (primary N) is 1. The monoisotopic (exact) mass is 334 g/mol. The van der Waals surface area contributed by atoms with Gasteiger partial charge in [0.1, 0.15) is 24.0 Å². The molecule has 2 amide bonds. The van der Waals surface area contributed by atoms with Gasteiger partial charge in [-0.3, -0.25) is 9.59 Å². The second-order valence-corrected chi connectivity index (χ2v) is 5.03. The number of benzene rings is 2. The molecule has 24 heavy (non-hydrogen) atoms. The Bertz CT molecular complexity index is 750. The SMILES string of the molecule is NC(=O)CCNC(=O)c1ccc(OCc2cccc(F)c2)cc1F. The number of carbonyl (C=O) groups is 2. The molecule has 0 saturated carbocycles. The highest BCUT2D eigenvalue weighted by atomic mass is 19.1. The largest absolute Gasteiger partial charge is 0.489 e. The molecule has 7 heteroatoms. The third kappa shape index (κ3) is 5.05. The molecule has 0 aliphatic rings. The van der Waals surface area contributed by atoms with Crippen molar-refractivity contribution < 1.29 is 23.1 Å². The Kier molecular flexibility index (Phi) is 5.83. The second-order valence-electron chi connectivity index (χ2n) is 5.03. The first-order chi connectivity index (χ1) is 11.5. The standard InChI is InChI=1S/C17H16F2N2O3/c18-12-3-1-2-11(8-12)10-24-13-4-5-14(15(19)9-13)17(23)21-7-6-16(20)22/h1-5,8-9H,6-7,10H2,(H2,20,22)(H,21,23). The first kappa shape index (κ1) is 17.4. The van der Waals surface area contributed by atoms with Gasteiger partial charge >= 0.3 is 0 Å². The predicted molar refractivity (Wildman–Crippen MR) is 83.3 cm³/mol. The third-order valence-corrected chi connectivity index (χ3v) is 3.14. The summed E-state index contributed by atoms with van der Waals surface area (Å²) in [5, 5.41) is 2.39. The highest BCUT2D eigenvalue weighted by Gasteiger charge is 2.12. The van der Waals surface area contributed by atoms with E-state index in [1.165, 1.54) is 24.3 Å². The highest BCUT2D eigenvalue weighted by molar-refractivity contribution is 5.94. The fourth-order valence-electron chi connectivity index (χ4n) is 1.96. The minimum Gasteiger partial charge on any atom is -0.489 e. The van der Waals surface area contributed by atoms with E-state index in [9.17, 15) is 18.4 Å². The lowest BCUT2D eigenvalue weighted by Crippen LogP contribution is -2.28. The van der Waals surface area contributed by atoms with Crippen LogP contribution >= 0.6 is 0 Å². The van der Waals surface area contributed by atoms with Gasteiger partial charge < -0.3 is 15.8 Å². The van der Waals surface area contributed by atoms with Gasteiger partial charge in [0.25, 0.3) is 5.91 Å². The summed E-state index contributed by atoms with van der Waals surface area (Å²) in [4.78, 5) is 22.4. The van der Waals surface area contributed by atoms with Gasteiger partial charge in [-0.05, 0) is 29.8 Å². The van der Waals surface area contributed by atoms with E-state index in [1.807, 2.05) is 0 Å². The van der Waals surface area contributed by atoms with Gasteiger partial charge in [-0.15, -0.1) is 0 Å². The van der Waals surface area contributed by atoms with Crippen molar-refractivity contribution in [2.45, 2.75) is 13.0 Å². The lowest BCUT2D eigenvalue weighted by Gasteiger charge is -2.09. The molecule has 5 nitrogen and oxygen atoms in total. The number of amides is 2. The molecule has 3 N–H and O–H groups in total. The summed E-state index contributed by atoms with van der Waals surface area (Å²) in [6.45, 7) is 0.104. The van der Waals surface area contributed by atoms with Crippen LogP contribution in [-0.4, -0.2) is 18.4 Å². The molecule has 0 aliphatic carbocycles. The third-order valence-electron chi connectivity index (χ3n) is 3.14. The van der Waals surface area contributed by atoms with Crippen LogP contribution in [-0.2, 0) is 11.4 Å². The smallest absolute Gasteiger partial charge is 0.254 e. The maximum atomic E-state index is 14.0. The van der Waals surface area contributed by atoms with E-state index < -0.39 is 17.6 Å². The Morgan fingerprint density at radius 1 is 1.12 bits per heavy atom. The summed E-state index contributed by atoms with van der Waals surface area (Å²) in [5.74, 6) is -2.14. The molecule has 0 heterocycles. The van der Waals surface area contributed by atoms with E-state index in [2.05, 4.69) is 5.32 Å².